The summed E-state index contributed by atoms with van der Waals surface area (Å²) in [6.07, 6.45) is 0.654. The zero-order chi connectivity index (χ0) is 15.7. The molecule has 6 heteroatoms. The number of ketones is 1. The standard InChI is InChI=1S/C16H15NO5/c1-2-7-21-12-6-4-3-5-9(12)16(20)17-10-8-11(18)14-15(22-14)13(10)19/h2-6,8,13-15,19H,1,7H2,(H,17,20)/t13-,14+,15-/m0/s1. The molecule has 1 fully saturated rings. The van der Waals surface area contributed by atoms with Crippen molar-refractivity contribution in [2.45, 2.75) is 18.3 Å². The zero-order valence-electron chi connectivity index (χ0n) is 11.7. The molecule has 3 rings (SSSR count). The molecule has 0 saturated carbocycles. The Kier molecular flexibility index (Phi) is 3.79. The van der Waals surface area contributed by atoms with Gasteiger partial charge in [-0.15, -0.1) is 0 Å². The van der Waals surface area contributed by atoms with Crippen molar-refractivity contribution in [3.8, 4) is 5.75 Å². The van der Waals surface area contributed by atoms with Crippen LogP contribution < -0.4 is 10.1 Å². The van der Waals surface area contributed by atoms with Crippen LogP contribution in [0.2, 0.25) is 0 Å². The minimum absolute atomic E-state index is 0.146. The second kappa shape index (κ2) is 5.75. The molecule has 0 unspecified atom stereocenters. The predicted octanol–water partition coefficient (Wildman–Crippen LogP) is 0.576. The van der Waals surface area contributed by atoms with Gasteiger partial charge in [-0.05, 0) is 12.1 Å². The molecule has 1 heterocycles. The lowest BCUT2D eigenvalue weighted by atomic mass is 10.0. The molecule has 3 atom stereocenters. The van der Waals surface area contributed by atoms with Gasteiger partial charge in [-0.25, -0.2) is 0 Å². The molecule has 0 bridgehead atoms. The number of carbonyl (C=O) groups is 2. The quantitative estimate of drug-likeness (QED) is 0.613. The first kappa shape index (κ1) is 14.5. The van der Waals surface area contributed by atoms with Gasteiger partial charge >= 0.3 is 0 Å². The molecule has 2 N–H and O–H groups in total. The van der Waals surface area contributed by atoms with Crippen molar-refractivity contribution in [3.05, 3.63) is 54.3 Å². The van der Waals surface area contributed by atoms with Crippen LogP contribution in [0.15, 0.2) is 48.7 Å². The number of rotatable bonds is 5. The Morgan fingerprint density at radius 3 is 3.00 bits per heavy atom. The van der Waals surface area contributed by atoms with E-state index < -0.39 is 24.2 Å². The molecule has 0 aromatic heterocycles. The number of hydrogen-bond acceptors (Lipinski definition) is 5. The number of aliphatic hydroxyl groups is 1. The van der Waals surface area contributed by atoms with Crippen molar-refractivity contribution < 1.29 is 24.2 Å². The van der Waals surface area contributed by atoms with Gasteiger partial charge in [0.15, 0.2) is 5.78 Å². The fourth-order valence-corrected chi connectivity index (χ4v) is 2.33. The maximum atomic E-state index is 12.3. The Balaban J connectivity index is 1.77. The van der Waals surface area contributed by atoms with Crippen molar-refractivity contribution in [2.75, 3.05) is 6.61 Å². The third kappa shape index (κ3) is 2.66. The van der Waals surface area contributed by atoms with E-state index in [-0.39, 0.29) is 18.1 Å². The van der Waals surface area contributed by atoms with Crippen molar-refractivity contribution >= 4 is 11.7 Å². The van der Waals surface area contributed by atoms with Crippen LogP contribution >= 0.6 is 0 Å². The molecule has 1 aromatic rings. The normalized spacial score (nSPS) is 25.8. The maximum absolute atomic E-state index is 12.3. The highest BCUT2D eigenvalue weighted by Crippen LogP contribution is 2.33. The number of amides is 1. The molecule has 1 aliphatic carbocycles. The average Bonchev–Trinajstić information content (AvgIpc) is 3.32. The maximum Gasteiger partial charge on any atom is 0.259 e. The predicted molar refractivity (Wildman–Crippen MR) is 77.4 cm³/mol. The summed E-state index contributed by atoms with van der Waals surface area (Å²) in [7, 11) is 0. The van der Waals surface area contributed by atoms with Gasteiger partial charge < -0.3 is 19.9 Å². The van der Waals surface area contributed by atoms with E-state index in [1.807, 2.05) is 0 Å². The molecule has 1 saturated heterocycles. The van der Waals surface area contributed by atoms with Crippen molar-refractivity contribution in [2.24, 2.45) is 0 Å². The van der Waals surface area contributed by atoms with Crippen LogP contribution in [0.25, 0.3) is 0 Å². The SMILES string of the molecule is C=CCOc1ccccc1C(=O)NC1=CC(=O)[C@H]2O[C@H]2[C@H]1O. The third-order valence-electron chi connectivity index (χ3n) is 3.48. The Hall–Kier alpha value is -2.44. The number of epoxide rings is 1. The van der Waals surface area contributed by atoms with E-state index in [0.29, 0.717) is 11.3 Å². The number of aliphatic hydroxyl groups excluding tert-OH is 1. The summed E-state index contributed by atoms with van der Waals surface area (Å²) in [5.41, 5.74) is 0.455. The Labute approximate surface area is 127 Å². The highest BCUT2D eigenvalue weighted by molar-refractivity contribution is 6.01. The molecule has 0 spiro atoms. The van der Waals surface area contributed by atoms with Crippen LogP contribution in [0.3, 0.4) is 0 Å². The van der Waals surface area contributed by atoms with Crippen LogP contribution in [-0.2, 0) is 9.53 Å². The number of carbonyl (C=O) groups excluding carboxylic acids is 2. The number of fused-ring (bicyclic) bond motifs is 1. The summed E-state index contributed by atoms with van der Waals surface area (Å²) in [4.78, 5) is 24.0. The van der Waals surface area contributed by atoms with Crippen molar-refractivity contribution in [3.63, 3.8) is 0 Å². The molecule has 2 aliphatic rings. The van der Waals surface area contributed by atoms with Gasteiger partial charge in [0.25, 0.3) is 5.91 Å². The summed E-state index contributed by atoms with van der Waals surface area (Å²) in [5, 5.41) is 12.6. The summed E-state index contributed by atoms with van der Waals surface area (Å²) >= 11 is 0. The summed E-state index contributed by atoms with van der Waals surface area (Å²) < 4.78 is 10.5. The van der Waals surface area contributed by atoms with E-state index in [0.717, 1.165) is 0 Å². The Bertz CT molecular complexity index is 666. The van der Waals surface area contributed by atoms with E-state index >= 15 is 0 Å². The largest absolute Gasteiger partial charge is 0.489 e. The Morgan fingerprint density at radius 1 is 1.45 bits per heavy atom. The van der Waals surface area contributed by atoms with E-state index in [1.165, 1.54) is 6.08 Å². The summed E-state index contributed by atoms with van der Waals surface area (Å²) in [5.74, 6) is -0.309. The van der Waals surface area contributed by atoms with E-state index in [2.05, 4.69) is 11.9 Å². The Morgan fingerprint density at radius 2 is 2.23 bits per heavy atom. The molecule has 0 radical (unpaired) electrons. The molecule has 114 valence electrons. The number of nitrogens with one attached hydrogen (secondary N) is 1. The lowest BCUT2D eigenvalue weighted by Gasteiger charge is -2.18. The first-order chi connectivity index (χ1) is 10.6. The lowest BCUT2D eigenvalue weighted by molar-refractivity contribution is -0.116. The van der Waals surface area contributed by atoms with Crippen LogP contribution in [-0.4, -0.2) is 41.7 Å². The average molecular weight is 301 g/mol. The third-order valence-corrected chi connectivity index (χ3v) is 3.48. The van der Waals surface area contributed by atoms with Gasteiger partial charge in [0.05, 0.1) is 11.3 Å². The molecular formula is C16H15NO5. The number of para-hydroxylation sites is 1. The van der Waals surface area contributed by atoms with E-state index in [1.54, 1.807) is 30.3 Å². The number of ether oxygens (including phenoxy) is 2. The zero-order valence-corrected chi connectivity index (χ0v) is 11.7. The first-order valence-corrected chi connectivity index (χ1v) is 6.85. The molecular weight excluding hydrogens is 286 g/mol. The minimum atomic E-state index is -1.01. The first-order valence-electron chi connectivity index (χ1n) is 6.85. The van der Waals surface area contributed by atoms with Crippen LogP contribution in [0, 0.1) is 0 Å². The van der Waals surface area contributed by atoms with Crippen LogP contribution in [0.4, 0.5) is 0 Å². The summed E-state index contributed by atoms with van der Waals surface area (Å²) in [6.45, 7) is 3.83. The number of hydrogen-bond donors (Lipinski definition) is 2. The van der Waals surface area contributed by atoms with E-state index in [9.17, 15) is 14.7 Å². The fraction of sp³-hybridized carbons (Fsp3) is 0.250. The molecule has 1 amide bonds. The summed E-state index contributed by atoms with van der Waals surface area (Å²) in [6, 6.07) is 6.71. The van der Waals surface area contributed by atoms with Gasteiger partial charge in [0, 0.05) is 6.08 Å². The van der Waals surface area contributed by atoms with Crippen molar-refractivity contribution in [1.29, 1.82) is 0 Å². The second-order valence-corrected chi connectivity index (χ2v) is 5.02. The molecule has 1 aliphatic heterocycles. The monoisotopic (exact) mass is 301 g/mol. The van der Waals surface area contributed by atoms with Gasteiger partial charge in [-0.3, -0.25) is 9.59 Å². The van der Waals surface area contributed by atoms with Gasteiger partial charge in [-0.2, -0.15) is 0 Å². The van der Waals surface area contributed by atoms with E-state index in [4.69, 9.17) is 9.47 Å². The lowest BCUT2D eigenvalue weighted by Crippen LogP contribution is -2.37. The molecule has 6 nitrogen and oxygen atoms in total. The van der Waals surface area contributed by atoms with Gasteiger partial charge in [-0.1, -0.05) is 24.8 Å². The number of benzene rings is 1. The van der Waals surface area contributed by atoms with Crippen LogP contribution in [0.5, 0.6) is 5.75 Å². The van der Waals surface area contributed by atoms with Gasteiger partial charge in [0.2, 0.25) is 0 Å². The van der Waals surface area contributed by atoms with Crippen molar-refractivity contribution in [1.82, 2.24) is 5.32 Å². The topological polar surface area (TPSA) is 88.2 Å². The van der Waals surface area contributed by atoms with Gasteiger partial charge in [0.1, 0.15) is 30.7 Å². The minimum Gasteiger partial charge on any atom is -0.489 e. The smallest absolute Gasteiger partial charge is 0.259 e. The highest BCUT2D eigenvalue weighted by atomic mass is 16.6. The highest BCUT2D eigenvalue weighted by Gasteiger charge is 2.53. The second-order valence-electron chi connectivity index (χ2n) is 5.02. The molecule has 22 heavy (non-hydrogen) atoms. The van der Waals surface area contributed by atoms with Crippen LogP contribution in [0.1, 0.15) is 10.4 Å². The fourth-order valence-electron chi connectivity index (χ4n) is 2.33. The molecule has 1 aromatic carbocycles.